The highest BCUT2D eigenvalue weighted by atomic mass is 32.2. The summed E-state index contributed by atoms with van der Waals surface area (Å²) in [4.78, 5) is 20.4. The number of methoxy groups -OCH3 is 1. The number of sulfonamides is 1. The SMILES string of the molecule is CCOCCOc1cccc(C(=O)Nc2ccc(S(=O)(=O)Nc3nccnc3OC)cc2)c1. The molecule has 0 unspecified atom stereocenters. The molecule has 0 aliphatic rings. The van der Waals surface area contributed by atoms with Gasteiger partial charge in [-0.25, -0.2) is 18.4 Å². The fraction of sp³-hybridized carbons (Fsp3) is 0.227. The molecule has 0 radical (unpaired) electrons. The third-order valence-corrected chi connectivity index (χ3v) is 5.66. The second kappa shape index (κ2) is 11.2. The van der Waals surface area contributed by atoms with E-state index in [9.17, 15) is 13.2 Å². The van der Waals surface area contributed by atoms with Gasteiger partial charge in [0.1, 0.15) is 12.4 Å². The van der Waals surface area contributed by atoms with Crippen LogP contribution in [0.3, 0.4) is 0 Å². The number of benzene rings is 2. The van der Waals surface area contributed by atoms with Crippen molar-refractivity contribution in [3.8, 4) is 11.6 Å². The zero-order valence-corrected chi connectivity index (χ0v) is 19.0. The third-order valence-electron chi connectivity index (χ3n) is 4.31. The summed E-state index contributed by atoms with van der Waals surface area (Å²) < 4.78 is 43.4. The van der Waals surface area contributed by atoms with Gasteiger partial charge in [-0.3, -0.25) is 9.52 Å². The summed E-state index contributed by atoms with van der Waals surface area (Å²) in [6.07, 6.45) is 2.73. The monoisotopic (exact) mass is 472 g/mol. The lowest BCUT2D eigenvalue weighted by Gasteiger charge is -2.11. The number of aromatic nitrogens is 2. The molecule has 0 atom stereocenters. The molecule has 0 saturated carbocycles. The average molecular weight is 473 g/mol. The molecule has 1 amide bonds. The molecule has 0 saturated heterocycles. The van der Waals surface area contributed by atoms with Crippen molar-refractivity contribution >= 4 is 27.4 Å². The quantitative estimate of drug-likeness (QED) is 0.408. The van der Waals surface area contributed by atoms with E-state index in [-0.39, 0.29) is 22.5 Å². The van der Waals surface area contributed by atoms with Gasteiger partial charge < -0.3 is 19.5 Å². The zero-order chi connectivity index (χ0) is 23.7. The van der Waals surface area contributed by atoms with Crippen LogP contribution in [-0.2, 0) is 14.8 Å². The molecule has 2 N–H and O–H groups in total. The van der Waals surface area contributed by atoms with E-state index < -0.39 is 10.0 Å². The minimum absolute atomic E-state index is 0.0158. The molecule has 3 aromatic rings. The maximum Gasteiger partial charge on any atom is 0.263 e. The molecule has 0 spiro atoms. The molecule has 1 aromatic heterocycles. The van der Waals surface area contributed by atoms with Gasteiger partial charge >= 0.3 is 0 Å². The maximum atomic E-state index is 12.6. The van der Waals surface area contributed by atoms with Crippen LogP contribution in [0.1, 0.15) is 17.3 Å². The summed E-state index contributed by atoms with van der Waals surface area (Å²) >= 11 is 0. The van der Waals surface area contributed by atoms with Crippen molar-refractivity contribution in [3.05, 3.63) is 66.5 Å². The Morgan fingerprint density at radius 1 is 1.03 bits per heavy atom. The average Bonchev–Trinajstić information content (AvgIpc) is 2.82. The Morgan fingerprint density at radius 2 is 1.79 bits per heavy atom. The van der Waals surface area contributed by atoms with Crippen molar-refractivity contribution < 1.29 is 27.4 Å². The molecular formula is C22H24N4O6S. The number of anilines is 2. The van der Waals surface area contributed by atoms with Crippen molar-refractivity contribution in [2.24, 2.45) is 0 Å². The molecule has 2 aromatic carbocycles. The van der Waals surface area contributed by atoms with E-state index in [0.29, 0.717) is 36.8 Å². The van der Waals surface area contributed by atoms with Crippen LogP contribution in [0.5, 0.6) is 11.6 Å². The summed E-state index contributed by atoms with van der Waals surface area (Å²) in [5.74, 6) is 0.215. The van der Waals surface area contributed by atoms with Gasteiger partial charge in [0.25, 0.3) is 21.8 Å². The summed E-state index contributed by atoms with van der Waals surface area (Å²) in [5.41, 5.74) is 0.829. The minimum atomic E-state index is -3.93. The number of hydrogen-bond acceptors (Lipinski definition) is 8. The van der Waals surface area contributed by atoms with Crippen LogP contribution in [0.4, 0.5) is 11.5 Å². The summed E-state index contributed by atoms with van der Waals surface area (Å²) in [6.45, 7) is 3.35. The Balaban J connectivity index is 1.65. The van der Waals surface area contributed by atoms with Crippen LogP contribution in [0.15, 0.2) is 65.8 Å². The molecule has 0 aliphatic heterocycles. The van der Waals surface area contributed by atoms with E-state index in [4.69, 9.17) is 14.2 Å². The number of carbonyl (C=O) groups is 1. The molecule has 0 aliphatic carbocycles. The smallest absolute Gasteiger partial charge is 0.263 e. The number of amides is 1. The molecular weight excluding hydrogens is 448 g/mol. The van der Waals surface area contributed by atoms with Crippen LogP contribution in [-0.4, -0.2) is 51.2 Å². The predicted molar refractivity (Wildman–Crippen MR) is 122 cm³/mol. The number of rotatable bonds is 11. The normalized spacial score (nSPS) is 11.0. The number of nitrogens with zero attached hydrogens (tertiary/aromatic N) is 2. The number of carbonyl (C=O) groups excluding carboxylic acids is 1. The van der Waals surface area contributed by atoms with E-state index in [1.807, 2.05) is 6.92 Å². The van der Waals surface area contributed by atoms with Crippen molar-refractivity contribution in [1.82, 2.24) is 9.97 Å². The van der Waals surface area contributed by atoms with Gasteiger partial charge in [0.15, 0.2) is 0 Å². The fourth-order valence-electron chi connectivity index (χ4n) is 2.74. The molecule has 11 heteroatoms. The second-order valence-electron chi connectivity index (χ2n) is 6.57. The van der Waals surface area contributed by atoms with E-state index in [2.05, 4.69) is 20.0 Å². The molecule has 1 heterocycles. The van der Waals surface area contributed by atoms with E-state index in [1.165, 1.54) is 43.8 Å². The second-order valence-corrected chi connectivity index (χ2v) is 8.25. The first-order valence-corrected chi connectivity index (χ1v) is 11.5. The molecule has 174 valence electrons. The first-order chi connectivity index (χ1) is 15.9. The Bertz CT molecular complexity index is 1190. The van der Waals surface area contributed by atoms with Crippen LogP contribution in [0, 0.1) is 0 Å². The Labute approximate surface area is 192 Å². The van der Waals surface area contributed by atoms with Crippen molar-refractivity contribution in [1.29, 1.82) is 0 Å². The zero-order valence-electron chi connectivity index (χ0n) is 18.1. The van der Waals surface area contributed by atoms with Gasteiger partial charge in [-0.05, 0) is 49.4 Å². The standard InChI is InChI=1S/C22H24N4O6S/c1-3-31-13-14-32-18-6-4-5-16(15-18)21(27)25-17-7-9-19(10-8-17)33(28,29)26-20-22(30-2)24-12-11-23-20/h4-12,15H,3,13-14H2,1-2H3,(H,23,26)(H,25,27). The molecule has 3 rings (SSSR count). The lowest BCUT2D eigenvalue weighted by molar-refractivity contribution is 0.102. The maximum absolute atomic E-state index is 12.6. The molecule has 0 bridgehead atoms. The van der Waals surface area contributed by atoms with Gasteiger partial charge in [-0.2, -0.15) is 0 Å². The Kier molecular flexibility index (Phi) is 8.17. The summed E-state index contributed by atoms with van der Waals surface area (Å²) in [6, 6.07) is 12.5. The summed E-state index contributed by atoms with van der Waals surface area (Å²) in [7, 11) is -2.57. The predicted octanol–water partition coefficient (Wildman–Crippen LogP) is 2.95. The number of nitrogens with one attached hydrogen (secondary N) is 2. The van der Waals surface area contributed by atoms with Gasteiger partial charge in [0.2, 0.25) is 5.82 Å². The lowest BCUT2D eigenvalue weighted by atomic mass is 10.2. The van der Waals surface area contributed by atoms with Crippen LogP contribution >= 0.6 is 0 Å². The number of hydrogen-bond donors (Lipinski definition) is 2. The minimum Gasteiger partial charge on any atom is -0.491 e. The first kappa shape index (κ1) is 24.0. The first-order valence-electron chi connectivity index (χ1n) is 10.0. The Hall–Kier alpha value is -3.70. The van der Waals surface area contributed by atoms with Crippen LogP contribution in [0.25, 0.3) is 0 Å². The lowest BCUT2D eigenvalue weighted by Crippen LogP contribution is -2.15. The van der Waals surface area contributed by atoms with Crippen LogP contribution < -0.4 is 19.5 Å². The van der Waals surface area contributed by atoms with Crippen LogP contribution in [0.2, 0.25) is 0 Å². The molecule has 33 heavy (non-hydrogen) atoms. The molecule has 10 nitrogen and oxygen atoms in total. The number of ether oxygens (including phenoxy) is 3. The third kappa shape index (κ3) is 6.64. The highest BCUT2D eigenvalue weighted by Gasteiger charge is 2.18. The van der Waals surface area contributed by atoms with Gasteiger partial charge in [0, 0.05) is 30.3 Å². The van der Waals surface area contributed by atoms with Crippen molar-refractivity contribution in [3.63, 3.8) is 0 Å². The van der Waals surface area contributed by atoms with Gasteiger partial charge in [-0.15, -0.1) is 0 Å². The summed E-state index contributed by atoms with van der Waals surface area (Å²) in [5, 5.41) is 2.73. The van der Waals surface area contributed by atoms with Gasteiger partial charge in [-0.1, -0.05) is 6.07 Å². The van der Waals surface area contributed by atoms with Gasteiger partial charge in [0.05, 0.1) is 18.6 Å². The van der Waals surface area contributed by atoms with E-state index in [1.54, 1.807) is 24.3 Å². The van der Waals surface area contributed by atoms with Crippen molar-refractivity contribution in [2.45, 2.75) is 11.8 Å². The molecule has 0 fully saturated rings. The highest BCUT2D eigenvalue weighted by Crippen LogP contribution is 2.22. The van der Waals surface area contributed by atoms with E-state index >= 15 is 0 Å². The fourth-order valence-corrected chi connectivity index (χ4v) is 3.75. The van der Waals surface area contributed by atoms with E-state index in [0.717, 1.165) is 0 Å². The Morgan fingerprint density at radius 3 is 2.52 bits per heavy atom. The topological polar surface area (TPSA) is 129 Å². The largest absolute Gasteiger partial charge is 0.491 e. The van der Waals surface area contributed by atoms with Crippen molar-refractivity contribution in [2.75, 3.05) is 37.0 Å². The highest BCUT2D eigenvalue weighted by molar-refractivity contribution is 7.92.